The molecule has 0 aliphatic carbocycles. The average molecular weight is 489 g/mol. The Balaban J connectivity index is 1.86. The standard InChI is InChI=1S/C23H28N4O6S/c1-17-11-19(13-21(12-17)33-10-9-24-18-7-8-25-26-14-18)27(15-20(29)16-28)34(30,31)23-6-4-3-5-22(23)32-2/h3-8,11-14,20,28-29H,9-10,15-16H2,1-2H3,(H,24,25). The Labute approximate surface area is 198 Å². The fourth-order valence-electron chi connectivity index (χ4n) is 3.26. The highest BCUT2D eigenvalue weighted by molar-refractivity contribution is 7.93. The predicted octanol–water partition coefficient (Wildman–Crippen LogP) is 1.83. The molecule has 0 saturated heterocycles. The van der Waals surface area contributed by atoms with Crippen LogP contribution >= 0.6 is 0 Å². The smallest absolute Gasteiger partial charge is 0.268 e. The number of nitrogens with zero attached hydrogens (tertiary/aromatic N) is 3. The third-order valence-corrected chi connectivity index (χ3v) is 6.67. The van der Waals surface area contributed by atoms with E-state index in [2.05, 4.69) is 15.5 Å². The Bertz CT molecular complexity index is 1180. The molecule has 1 atom stereocenters. The molecule has 3 N–H and O–H groups in total. The molecule has 0 fully saturated rings. The van der Waals surface area contributed by atoms with Crippen LogP contribution in [0.4, 0.5) is 11.4 Å². The van der Waals surface area contributed by atoms with Gasteiger partial charge in [-0.15, -0.1) is 0 Å². The van der Waals surface area contributed by atoms with Crippen molar-refractivity contribution in [3.05, 3.63) is 66.5 Å². The minimum absolute atomic E-state index is 0.0539. The van der Waals surface area contributed by atoms with Crippen LogP contribution in [0.2, 0.25) is 0 Å². The predicted molar refractivity (Wildman–Crippen MR) is 128 cm³/mol. The van der Waals surface area contributed by atoms with Crippen LogP contribution in [-0.2, 0) is 10.0 Å². The quantitative estimate of drug-likeness (QED) is 0.326. The second-order valence-electron chi connectivity index (χ2n) is 7.43. The summed E-state index contributed by atoms with van der Waals surface area (Å²) in [5.74, 6) is 0.634. The summed E-state index contributed by atoms with van der Waals surface area (Å²) in [6.45, 7) is 1.66. The lowest BCUT2D eigenvalue weighted by molar-refractivity contribution is 0.102. The number of aromatic nitrogens is 2. The zero-order chi connectivity index (χ0) is 24.6. The van der Waals surface area contributed by atoms with Crippen molar-refractivity contribution in [2.24, 2.45) is 0 Å². The van der Waals surface area contributed by atoms with Crippen molar-refractivity contribution in [3.8, 4) is 11.5 Å². The molecule has 1 heterocycles. The first-order chi connectivity index (χ1) is 16.3. The van der Waals surface area contributed by atoms with Crippen LogP contribution in [0.5, 0.6) is 11.5 Å². The van der Waals surface area contributed by atoms with Crippen molar-refractivity contribution in [2.75, 3.05) is 43.0 Å². The molecule has 0 spiro atoms. The lowest BCUT2D eigenvalue weighted by Crippen LogP contribution is -2.39. The van der Waals surface area contributed by atoms with Gasteiger partial charge in [0, 0.05) is 12.6 Å². The largest absolute Gasteiger partial charge is 0.495 e. The van der Waals surface area contributed by atoms with Gasteiger partial charge in [0.2, 0.25) is 0 Å². The molecule has 10 nitrogen and oxygen atoms in total. The van der Waals surface area contributed by atoms with Gasteiger partial charge >= 0.3 is 0 Å². The maximum absolute atomic E-state index is 13.6. The number of aryl methyl sites for hydroxylation is 1. The minimum atomic E-state index is -4.14. The number of hydrogen-bond donors (Lipinski definition) is 3. The van der Waals surface area contributed by atoms with Gasteiger partial charge in [0.15, 0.2) is 0 Å². The number of nitrogens with one attached hydrogen (secondary N) is 1. The number of benzene rings is 2. The number of aliphatic hydroxyl groups is 2. The lowest BCUT2D eigenvalue weighted by Gasteiger charge is -2.27. The molecule has 34 heavy (non-hydrogen) atoms. The van der Waals surface area contributed by atoms with Crippen molar-refractivity contribution in [1.29, 1.82) is 0 Å². The van der Waals surface area contributed by atoms with E-state index < -0.39 is 22.7 Å². The molecule has 0 radical (unpaired) electrons. The molecule has 11 heteroatoms. The molecule has 0 bridgehead atoms. The van der Waals surface area contributed by atoms with Crippen LogP contribution in [0.1, 0.15) is 5.56 Å². The third kappa shape index (κ3) is 6.34. The highest BCUT2D eigenvalue weighted by Crippen LogP contribution is 2.32. The van der Waals surface area contributed by atoms with Gasteiger partial charge in [-0.05, 0) is 42.8 Å². The molecule has 1 aromatic heterocycles. The SMILES string of the molecule is COc1ccccc1S(=O)(=O)N(CC(O)CO)c1cc(C)cc(OCCNc2ccnnc2)c1. The Morgan fingerprint density at radius 1 is 1.15 bits per heavy atom. The Morgan fingerprint density at radius 3 is 2.65 bits per heavy atom. The Morgan fingerprint density at radius 2 is 1.94 bits per heavy atom. The molecule has 0 amide bonds. The molecule has 3 rings (SSSR count). The molecule has 2 aromatic carbocycles. The van der Waals surface area contributed by atoms with Crippen molar-refractivity contribution >= 4 is 21.4 Å². The van der Waals surface area contributed by atoms with Gasteiger partial charge in [-0.1, -0.05) is 12.1 Å². The lowest BCUT2D eigenvalue weighted by atomic mass is 10.2. The zero-order valence-corrected chi connectivity index (χ0v) is 19.8. The van der Waals surface area contributed by atoms with Gasteiger partial charge < -0.3 is 25.0 Å². The van der Waals surface area contributed by atoms with E-state index in [-0.39, 0.29) is 17.2 Å². The van der Waals surface area contributed by atoms with Crippen LogP contribution in [0.3, 0.4) is 0 Å². The van der Waals surface area contributed by atoms with Crippen LogP contribution < -0.4 is 19.1 Å². The molecular formula is C23H28N4O6S. The maximum Gasteiger partial charge on any atom is 0.268 e. The molecule has 1 unspecified atom stereocenters. The van der Waals surface area contributed by atoms with Gasteiger partial charge in [-0.3, -0.25) is 4.31 Å². The van der Waals surface area contributed by atoms with Crippen molar-refractivity contribution in [1.82, 2.24) is 10.2 Å². The van der Waals surface area contributed by atoms with E-state index in [1.54, 1.807) is 54.9 Å². The van der Waals surface area contributed by atoms with E-state index in [1.165, 1.54) is 13.2 Å². The van der Waals surface area contributed by atoms with Gasteiger partial charge in [0.1, 0.15) is 23.0 Å². The maximum atomic E-state index is 13.6. The minimum Gasteiger partial charge on any atom is -0.495 e. The summed E-state index contributed by atoms with van der Waals surface area (Å²) in [4.78, 5) is -0.0539. The van der Waals surface area contributed by atoms with Gasteiger partial charge in [0.05, 0.1) is 50.1 Å². The molecule has 0 saturated carbocycles. The molecule has 3 aromatic rings. The summed E-state index contributed by atoms with van der Waals surface area (Å²) in [5.41, 5.74) is 1.85. The number of aliphatic hydroxyl groups excluding tert-OH is 2. The normalized spacial score (nSPS) is 12.1. The number of methoxy groups -OCH3 is 1. The van der Waals surface area contributed by atoms with E-state index in [1.807, 2.05) is 6.92 Å². The van der Waals surface area contributed by atoms with Gasteiger partial charge in [-0.2, -0.15) is 10.2 Å². The van der Waals surface area contributed by atoms with Crippen molar-refractivity contribution < 1.29 is 28.1 Å². The van der Waals surface area contributed by atoms with E-state index in [4.69, 9.17) is 9.47 Å². The van der Waals surface area contributed by atoms with Crippen LogP contribution in [0.15, 0.2) is 65.8 Å². The van der Waals surface area contributed by atoms with Gasteiger partial charge in [-0.25, -0.2) is 8.42 Å². The first kappa shape index (κ1) is 25.2. The average Bonchev–Trinajstić information content (AvgIpc) is 2.85. The topological polar surface area (TPSA) is 134 Å². The summed E-state index contributed by atoms with van der Waals surface area (Å²) in [6, 6.07) is 13.1. The van der Waals surface area contributed by atoms with Crippen LogP contribution in [0.25, 0.3) is 0 Å². The number of ether oxygens (including phenoxy) is 2. The molecule has 182 valence electrons. The van der Waals surface area contributed by atoms with E-state index in [9.17, 15) is 18.6 Å². The summed E-state index contributed by atoms with van der Waals surface area (Å²) in [5, 5.41) is 30.2. The molecule has 0 aliphatic rings. The van der Waals surface area contributed by atoms with Crippen molar-refractivity contribution in [2.45, 2.75) is 17.9 Å². The summed E-state index contributed by atoms with van der Waals surface area (Å²) in [6.07, 6.45) is 1.89. The second kappa shape index (κ2) is 11.6. The number of anilines is 2. The summed E-state index contributed by atoms with van der Waals surface area (Å²) in [7, 11) is -2.76. The van der Waals surface area contributed by atoms with Crippen molar-refractivity contribution in [3.63, 3.8) is 0 Å². The number of hydrogen-bond acceptors (Lipinski definition) is 9. The molecule has 0 aliphatic heterocycles. The fraction of sp³-hybridized carbons (Fsp3) is 0.304. The number of rotatable bonds is 12. The second-order valence-corrected chi connectivity index (χ2v) is 9.26. The number of para-hydroxylation sites is 1. The first-order valence-electron chi connectivity index (χ1n) is 10.5. The van der Waals surface area contributed by atoms with Crippen LogP contribution in [0, 0.1) is 6.92 Å². The van der Waals surface area contributed by atoms with Crippen LogP contribution in [-0.4, -0.2) is 68.3 Å². The summed E-state index contributed by atoms with van der Waals surface area (Å²) < 4.78 is 39.3. The van der Waals surface area contributed by atoms with Gasteiger partial charge in [0.25, 0.3) is 10.0 Å². The highest BCUT2D eigenvalue weighted by atomic mass is 32.2. The Hall–Kier alpha value is -3.41. The molecular weight excluding hydrogens is 460 g/mol. The first-order valence-corrected chi connectivity index (χ1v) is 12.0. The zero-order valence-electron chi connectivity index (χ0n) is 19.0. The Kier molecular flexibility index (Phi) is 8.63. The van der Waals surface area contributed by atoms with E-state index in [0.717, 1.165) is 15.6 Å². The van der Waals surface area contributed by atoms with E-state index in [0.29, 0.717) is 24.6 Å². The third-order valence-electron chi connectivity index (χ3n) is 4.83. The fourth-order valence-corrected chi connectivity index (χ4v) is 4.90. The number of sulfonamides is 1. The monoisotopic (exact) mass is 488 g/mol. The summed E-state index contributed by atoms with van der Waals surface area (Å²) >= 11 is 0. The highest BCUT2D eigenvalue weighted by Gasteiger charge is 2.30. The van der Waals surface area contributed by atoms with E-state index >= 15 is 0 Å².